The molecule has 0 spiro atoms. The van der Waals surface area contributed by atoms with E-state index in [9.17, 15) is 13.2 Å². The second-order valence-electron chi connectivity index (χ2n) is 9.75. The maximum absolute atomic E-state index is 13.8. The highest BCUT2D eigenvalue weighted by molar-refractivity contribution is 7.92. The molecule has 3 heterocycles. The lowest BCUT2D eigenvalue weighted by Crippen LogP contribution is -2.37. The Morgan fingerprint density at radius 2 is 1.71 bits per heavy atom. The largest absolute Gasteiger partial charge is 0.464 e. The highest BCUT2D eigenvalue weighted by Gasteiger charge is 2.31. The average Bonchev–Trinajstić information content (AvgIpc) is 3.39. The van der Waals surface area contributed by atoms with Crippen LogP contribution in [0.15, 0.2) is 53.4 Å². The van der Waals surface area contributed by atoms with E-state index >= 15 is 0 Å². The molecular weight excluding hydrogens is 589 g/mol. The van der Waals surface area contributed by atoms with Gasteiger partial charge in [-0.2, -0.15) is 0 Å². The molecule has 3 aromatic rings. The van der Waals surface area contributed by atoms with Gasteiger partial charge in [0.2, 0.25) is 0 Å². The Labute approximate surface area is 249 Å². The van der Waals surface area contributed by atoms with Crippen molar-refractivity contribution in [1.82, 2.24) is 10.2 Å². The molecule has 2 aromatic carbocycles. The monoisotopic (exact) mass is 619 g/mol. The number of carbonyl (C=O) groups excluding carboxylic acids is 1. The van der Waals surface area contributed by atoms with Gasteiger partial charge in [0.1, 0.15) is 6.54 Å². The van der Waals surface area contributed by atoms with Crippen molar-refractivity contribution in [3.63, 3.8) is 0 Å². The maximum atomic E-state index is 13.8. The van der Waals surface area contributed by atoms with Crippen LogP contribution in [0.25, 0.3) is 0 Å². The second kappa shape index (κ2) is 12.8. The van der Waals surface area contributed by atoms with Gasteiger partial charge < -0.3 is 19.3 Å². The molecule has 1 saturated heterocycles. The third kappa shape index (κ3) is 6.69. The number of sulfonamides is 1. The van der Waals surface area contributed by atoms with Crippen LogP contribution in [0.1, 0.15) is 25.3 Å². The predicted molar refractivity (Wildman–Crippen MR) is 159 cm³/mol. The van der Waals surface area contributed by atoms with E-state index in [4.69, 9.17) is 32.7 Å². The zero-order chi connectivity index (χ0) is 29.0. The number of aromatic nitrogens is 2. The Morgan fingerprint density at radius 3 is 2.39 bits per heavy atom. The van der Waals surface area contributed by atoms with Crippen molar-refractivity contribution in [2.75, 3.05) is 60.1 Å². The Hall–Kier alpha value is -3.12. The molecule has 0 aliphatic carbocycles. The molecule has 0 bridgehead atoms. The summed E-state index contributed by atoms with van der Waals surface area (Å²) in [5.41, 5.74) is 2.16. The number of rotatable bonds is 10. The Bertz CT molecular complexity index is 1480. The standard InChI is InChI=1S/C28H31Cl2N5O5S/c1-2-3-12-40-28(36)19-35(41(37,38)24-17-21(29)16-22(30)18-24)23-4-5-25-20(15-23)8-9-34(25)27-7-6-26(31-32-27)33-10-13-39-14-11-33/h4-7,15-18H,2-3,8-14,19H2,1H3. The number of carbonyl (C=O) groups is 1. The van der Waals surface area contributed by atoms with Crippen molar-refractivity contribution in [3.8, 4) is 0 Å². The van der Waals surface area contributed by atoms with Crippen molar-refractivity contribution in [2.24, 2.45) is 0 Å². The molecule has 10 nitrogen and oxygen atoms in total. The zero-order valence-electron chi connectivity index (χ0n) is 22.6. The van der Waals surface area contributed by atoms with E-state index in [1.807, 2.05) is 30.0 Å². The Kier molecular flexibility index (Phi) is 9.18. The molecular formula is C28H31Cl2N5O5S. The normalized spacial score (nSPS) is 15.1. The van der Waals surface area contributed by atoms with E-state index in [0.29, 0.717) is 44.1 Å². The van der Waals surface area contributed by atoms with Gasteiger partial charge in [-0.15, -0.1) is 10.2 Å². The van der Waals surface area contributed by atoms with E-state index in [1.54, 1.807) is 12.1 Å². The number of ether oxygens (including phenoxy) is 2. The number of hydrogen-bond donors (Lipinski definition) is 0. The predicted octanol–water partition coefficient (Wildman–Crippen LogP) is 4.85. The third-order valence-corrected chi connectivity index (χ3v) is 9.14. The van der Waals surface area contributed by atoms with Crippen LogP contribution in [0.3, 0.4) is 0 Å². The fourth-order valence-corrected chi connectivity index (χ4v) is 6.95. The number of esters is 1. The summed E-state index contributed by atoms with van der Waals surface area (Å²) >= 11 is 12.2. The van der Waals surface area contributed by atoms with Crippen LogP contribution in [0.2, 0.25) is 10.0 Å². The number of hydrogen-bond acceptors (Lipinski definition) is 9. The molecule has 0 amide bonds. The molecule has 2 aliphatic rings. The SMILES string of the molecule is CCCCOC(=O)CN(c1ccc2c(c1)CCN2c1ccc(N2CCOCC2)nn1)S(=O)(=O)c1cc(Cl)cc(Cl)c1. The molecule has 218 valence electrons. The van der Waals surface area contributed by atoms with E-state index in [-0.39, 0.29) is 21.5 Å². The summed E-state index contributed by atoms with van der Waals surface area (Å²) in [5.74, 6) is 0.860. The van der Waals surface area contributed by atoms with Crippen LogP contribution in [-0.2, 0) is 30.7 Å². The fourth-order valence-electron chi connectivity index (χ4n) is 4.82. The minimum atomic E-state index is -4.21. The third-order valence-electron chi connectivity index (χ3n) is 6.95. The van der Waals surface area contributed by atoms with Crippen molar-refractivity contribution >= 4 is 62.2 Å². The number of nitrogens with zero attached hydrogens (tertiary/aromatic N) is 5. The first-order valence-corrected chi connectivity index (χ1v) is 15.7. The highest BCUT2D eigenvalue weighted by Crippen LogP contribution is 2.37. The van der Waals surface area contributed by atoms with Crippen molar-refractivity contribution in [1.29, 1.82) is 0 Å². The van der Waals surface area contributed by atoms with Gasteiger partial charge in [0.05, 0.1) is 30.4 Å². The van der Waals surface area contributed by atoms with Crippen LogP contribution in [0.4, 0.5) is 23.0 Å². The second-order valence-corrected chi connectivity index (χ2v) is 12.5. The number of unbranched alkanes of at least 4 members (excludes halogenated alkanes) is 1. The average molecular weight is 621 g/mol. The molecule has 0 N–H and O–H groups in total. The molecule has 2 aliphatic heterocycles. The van der Waals surface area contributed by atoms with Gasteiger partial charge in [-0.3, -0.25) is 9.10 Å². The van der Waals surface area contributed by atoms with Crippen LogP contribution < -0.4 is 14.1 Å². The van der Waals surface area contributed by atoms with E-state index in [0.717, 1.165) is 40.9 Å². The maximum Gasteiger partial charge on any atom is 0.326 e. The van der Waals surface area contributed by atoms with Gasteiger partial charge in [-0.25, -0.2) is 8.42 Å². The van der Waals surface area contributed by atoms with Crippen LogP contribution in [-0.4, -0.2) is 70.6 Å². The summed E-state index contributed by atoms with van der Waals surface area (Å²) in [6.45, 7) is 5.24. The smallest absolute Gasteiger partial charge is 0.326 e. The summed E-state index contributed by atoms with van der Waals surface area (Å²) in [6.07, 6.45) is 2.19. The van der Waals surface area contributed by atoms with Crippen LogP contribution in [0, 0.1) is 0 Å². The molecule has 1 aromatic heterocycles. The van der Waals surface area contributed by atoms with Gasteiger partial charge >= 0.3 is 5.97 Å². The zero-order valence-corrected chi connectivity index (χ0v) is 25.0. The summed E-state index contributed by atoms with van der Waals surface area (Å²) in [4.78, 5) is 16.8. The molecule has 0 radical (unpaired) electrons. The van der Waals surface area contributed by atoms with Gasteiger partial charge in [0, 0.05) is 35.4 Å². The number of anilines is 4. The lowest BCUT2D eigenvalue weighted by Gasteiger charge is -2.27. The van der Waals surface area contributed by atoms with Crippen LogP contribution in [0.5, 0.6) is 0 Å². The fraction of sp³-hybridized carbons (Fsp3) is 0.393. The number of benzene rings is 2. The summed E-state index contributed by atoms with van der Waals surface area (Å²) < 4.78 is 39.4. The minimum Gasteiger partial charge on any atom is -0.464 e. The summed E-state index contributed by atoms with van der Waals surface area (Å²) in [6, 6.07) is 13.3. The molecule has 13 heteroatoms. The number of halogens is 2. The van der Waals surface area contributed by atoms with Crippen molar-refractivity contribution < 1.29 is 22.7 Å². The topological polar surface area (TPSA) is 105 Å². The lowest BCUT2D eigenvalue weighted by molar-refractivity contribution is -0.141. The molecule has 0 unspecified atom stereocenters. The van der Waals surface area contributed by atoms with Crippen LogP contribution >= 0.6 is 23.2 Å². The quantitative estimate of drug-likeness (QED) is 0.232. The first kappa shape index (κ1) is 29.4. The van der Waals surface area contributed by atoms with E-state index < -0.39 is 22.5 Å². The van der Waals surface area contributed by atoms with Gasteiger partial charge in [-0.05, 0) is 66.9 Å². The molecule has 41 heavy (non-hydrogen) atoms. The first-order chi connectivity index (χ1) is 19.8. The van der Waals surface area contributed by atoms with Crippen molar-refractivity contribution in [2.45, 2.75) is 31.1 Å². The van der Waals surface area contributed by atoms with Crippen molar-refractivity contribution in [3.05, 3.63) is 64.1 Å². The Balaban J connectivity index is 1.42. The first-order valence-electron chi connectivity index (χ1n) is 13.5. The molecule has 0 saturated carbocycles. The molecule has 1 fully saturated rings. The minimum absolute atomic E-state index is 0.117. The van der Waals surface area contributed by atoms with Gasteiger partial charge in [-0.1, -0.05) is 36.5 Å². The van der Waals surface area contributed by atoms with Gasteiger partial charge in [0.25, 0.3) is 10.0 Å². The lowest BCUT2D eigenvalue weighted by atomic mass is 10.1. The number of morpholine rings is 1. The van der Waals surface area contributed by atoms with E-state index in [2.05, 4.69) is 15.1 Å². The highest BCUT2D eigenvalue weighted by atomic mass is 35.5. The Morgan fingerprint density at radius 1 is 1.00 bits per heavy atom. The molecule has 5 rings (SSSR count). The summed E-state index contributed by atoms with van der Waals surface area (Å²) in [5, 5.41) is 9.24. The molecule has 0 atom stereocenters. The summed E-state index contributed by atoms with van der Waals surface area (Å²) in [7, 11) is -4.21. The number of fused-ring (bicyclic) bond motifs is 1. The van der Waals surface area contributed by atoms with Gasteiger partial charge in [0.15, 0.2) is 11.6 Å². The van der Waals surface area contributed by atoms with E-state index in [1.165, 1.54) is 18.2 Å².